The number of rotatable bonds is 2. The van der Waals surface area contributed by atoms with Gasteiger partial charge < -0.3 is 23.8 Å². The fourth-order valence-corrected chi connectivity index (χ4v) is 2.23. The van der Waals surface area contributed by atoms with Crippen molar-refractivity contribution in [1.82, 2.24) is 4.90 Å². The molecule has 0 aromatic heterocycles. The van der Waals surface area contributed by atoms with Crippen LogP contribution in [0, 0.1) is 0 Å². The Hall–Kier alpha value is -1.11. The van der Waals surface area contributed by atoms with E-state index in [1.165, 1.54) is 4.90 Å². The number of nitrogens with zero attached hydrogens (tertiary/aromatic N) is 1. The van der Waals surface area contributed by atoms with E-state index in [4.69, 9.17) is 18.9 Å². The molecule has 0 radical (unpaired) electrons. The maximum absolute atomic E-state index is 11.6. The van der Waals surface area contributed by atoms with Crippen molar-refractivity contribution in [3.63, 3.8) is 0 Å². The van der Waals surface area contributed by atoms with Gasteiger partial charge in [-0.15, -0.1) is 0 Å². The molecule has 2 rings (SSSR count). The highest BCUT2D eigenvalue weighted by Gasteiger charge is 2.35. The van der Waals surface area contributed by atoms with Gasteiger partial charge in [0.2, 0.25) is 0 Å². The minimum absolute atomic E-state index is 0.00421. The summed E-state index contributed by atoms with van der Waals surface area (Å²) < 4.78 is 21.8. The second-order valence-electron chi connectivity index (χ2n) is 4.98. The first-order valence-corrected chi connectivity index (χ1v) is 6.42. The van der Waals surface area contributed by atoms with Crippen LogP contribution in [0.1, 0.15) is 12.8 Å². The molecule has 4 atom stereocenters. The lowest BCUT2D eigenvalue weighted by Crippen LogP contribution is -2.35. The minimum atomic E-state index is -0.361. The molecule has 19 heavy (non-hydrogen) atoms. The van der Waals surface area contributed by atoms with Crippen molar-refractivity contribution in [2.75, 3.05) is 28.0 Å². The van der Waals surface area contributed by atoms with Crippen molar-refractivity contribution in [2.45, 2.75) is 37.3 Å². The molecule has 0 aromatic carbocycles. The first kappa shape index (κ1) is 14.3. The van der Waals surface area contributed by atoms with E-state index in [9.17, 15) is 4.79 Å². The normalized spacial score (nSPS) is 35.9. The number of methoxy groups -OCH3 is 1. The van der Waals surface area contributed by atoms with E-state index in [-0.39, 0.29) is 30.5 Å². The summed E-state index contributed by atoms with van der Waals surface area (Å²) in [6, 6.07) is 0. The molecule has 1 fully saturated rings. The lowest BCUT2D eigenvalue weighted by atomic mass is 9.97. The molecule has 1 saturated heterocycles. The molecule has 1 heterocycles. The zero-order chi connectivity index (χ0) is 13.8. The first-order valence-electron chi connectivity index (χ1n) is 6.42. The molecule has 1 amide bonds. The summed E-state index contributed by atoms with van der Waals surface area (Å²) in [5.41, 5.74) is 0. The maximum atomic E-state index is 11.6. The van der Waals surface area contributed by atoms with Gasteiger partial charge in [-0.3, -0.25) is 0 Å². The third-order valence-electron chi connectivity index (χ3n) is 3.37. The quantitative estimate of drug-likeness (QED) is 0.705. The van der Waals surface area contributed by atoms with Crippen molar-refractivity contribution in [3.8, 4) is 0 Å². The molecule has 0 aromatic rings. The Kier molecular flexibility index (Phi) is 4.79. The van der Waals surface area contributed by atoms with Crippen molar-refractivity contribution < 1.29 is 23.7 Å². The second-order valence-corrected chi connectivity index (χ2v) is 4.98. The highest BCUT2D eigenvalue weighted by Crippen LogP contribution is 2.26. The zero-order valence-electron chi connectivity index (χ0n) is 11.6. The van der Waals surface area contributed by atoms with Gasteiger partial charge in [-0.05, 0) is 6.08 Å². The summed E-state index contributed by atoms with van der Waals surface area (Å²) in [4.78, 5) is 13.0. The summed E-state index contributed by atoms with van der Waals surface area (Å²) in [5, 5.41) is 0. The summed E-state index contributed by atoms with van der Waals surface area (Å²) in [7, 11) is 4.97. The van der Waals surface area contributed by atoms with E-state index in [1.54, 1.807) is 21.2 Å². The highest BCUT2D eigenvalue weighted by molar-refractivity contribution is 5.67. The van der Waals surface area contributed by atoms with E-state index < -0.39 is 0 Å². The predicted molar refractivity (Wildman–Crippen MR) is 67.7 cm³/mol. The van der Waals surface area contributed by atoms with Crippen LogP contribution in [-0.4, -0.2) is 63.4 Å². The Balaban J connectivity index is 2.05. The summed E-state index contributed by atoms with van der Waals surface area (Å²) in [5.74, 6) is 0. The summed E-state index contributed by atoms with van der Waals surface area (Å²) in [6.45, 7) is 0.292. The van der Waals surface area contributed by atoms with Gasteiger partial charge in [0.1, 0.15) is 12.9 Å². The predicted octanol–water partition coefficient (Wildman–Crippen LogP) is 1.16. The van der Waals surface area contributed by atoms with Crippen LogP contribution in [0.2, 0.25) is 0 Å². The SMILES string of the molecule is COC1/C=C/C(OC(=O)N(C)C)CC2OCOC2C1. The fourth-order valence-electron chi connectivity index (χ4n) is 2.23. The molecular weight excluding hydrogens is 250 g/mol. The Morgan fingerprint density at radius 3 is 2.32 bits per heavy atom. The lowest BCUT2D eigenvalue weighted by Gasteiger charge is -2.27. The Morgan fingerprint density at radius 1 is 1.16 bits per heavy atom. The van der Waals surface area contributed by atoms with Crippen LogP contribution in [0.5, 0.6) is 0 Å². The molecule has 1 aliphatic carbocycles. The second kappa shape index (κ2) is 6.36. The van der Waals surface area contributed by atoms with Gasteiger partial charge in [-0.1, -0.05) is 6.08 Å². The monoisotopic (exact) mass is 271 g/mol. The van der Waals surface area contributed by atoms with Crippen LogP contribution >= 0.6 is 0 Å². The molecule has 1 aliphatic heterocycles. The largest absolute Gasteiger partial charge is 0.442 e. The number of carbonyl (C=O) groups excluding carboxylic acids is 1. The van der Waals surface area contributed by atoms with Gasteiger partial charge in [-0.2, -0.15) is 0 Å². The number of ether oxygens (including phenoxy) is 4. The van der Waals surface area contributed by atoms with E-state index in [1.807, 2.05) is 12.2 Å². The molecule has 0 spiro atoms. The Morgan fingerprint density at radius 2 is 1.74 bits per heavy atom. The highest BCUT2D eigenvalue weighted by atomic mass is 16.7. The van der Waals surface area contributed by atoms with Gasteiger partial charge in [0.05, 0.1) is 18.3 Å². The van der Waals surface area contributed by atoms with Gasteiger partial charge >= 0.3 is 6.09 Å². The van der Waals surface area contributed by atoms with E-state index in [0.29, 0.717) is 13.2 Å². The average molecular weight is 271 g/mol. The topological polar surface area (TPSA) is 57.2 Å². The molecule has 108 valence electrons. The van der Waals surface area contributed by atoms with E-state index >= 15 is 0 Å². The maximum Gasteiger partial charge on any atom is 0.409 e. The third-order valence-corrected chi connectivity index (χ3v) is 3.37. The third kappa shape index (κ3) is 3.68. The Labute approximate surface area is 113 Å². The molecule has 0 bridgehead atoms. The lowest BCUT2D eigenvalue weighted by molar-refractivity contribution is 0.0247. The number of carbonyl (C=O) groups is 1. The van der Waals surface area contributed by atoms with Crippen LogP contribution in [0.3, 0.4) is 0 Å². The standard InChI is InChI=1S/C13H21NO5/c1-14(2)13(15)19-10-5-4-9(16-3)6-11-12(7-10)18-8-17-11/h4-5,9-12H,6-8H2,1-3H3/b5-4+. The molecule has 6 nitrogen and oxygen atoms in total. The number of hydrogen-bond donors (Lipinski definition) is 0. The zero-order valence-corrected chi connectivity index (χ0v) is 11.6. The van der Waals surface area contributed by atoms with Crippen LogP contribution in [0.15, 0.2) is 12.2 Å². The Bertz CT molecular complexity index is 344. The van der Waals surface area contributed by atoms with Crippen molar-refractivity contribution in [2.24, 2.45) is 0 Å². The molecule has 0 N–H and O–H groups in total. The van der Waals surface area contributed by atoms with E-state index in [0.717, 1.165) is 6.42 Å². The van der Waals surface area contributed by atoms with Gasteiger partial charge in [-0.25, -0.2) is 4.79 Å². The van der Waals surface area contributed by atoms with Crippen LogP contribution < -0.4 is 0 Å². The number of amides is 1. The number of hydrogen-bond acceptors (Lipinski definition) is 5. The number of fused-ring (bicyclic) bond motifs is 1. The summed E-state index contributed by atoms with van der Waals surface area (Å²) in [6.07, 6.45) is 4.37. The fraction of sp³-hybridized carbons (Fsp3) is 0.769. The van der Waals surface area contributed by atoms with Crippen LogP contribution in [-0.2, 0) is 18.9 Å². The first-order chi connectivity index (χ1) is 9.10. The minimum Gasteiger partial charge on any atom is -0.442 e. The van der Waals surface area contributed by atoms with Gasteiger partial charge in [0, 0.05) is 34.0 Å². The summed E-state index contributed by atoms with van der Waals surface area (Å²) >= 11 is 0. The molecule has 2 aliphatic rings. The van der Waals surface area contributed by atoms with Crippen LogP contribution in [0.25, 0.3) is 0 Å². The molecule has 4 unspecified atom stereocenters. The molecule has 0 saturated carbocycles. The molecular formula is C13H21NO5. The van der Waals surface area contributed by atoms with Gasteiger partial charge in [0.15, 0.2) is 0 Å². The smallest absolute Gasteiger partial charge is 0.409 e. The van der Waals surface area contributed by atoms with Crippen molar-refractivity contribution in [3.05, 3.63) is 12.2 Å². The van der Waals surface area contributed by atoms with Gasteiger partial charge in [0.25, 0.3) is 0 Å². The van der Waals surface area contributed by atoms with Crippen molar-refractivity contribution >= 4 is 6.09 Å². The van der Waals surface area contributed by atoms with Crippen molar-refractivity contribution in [1.29, 1.82) is 0 Å². The van der Waals surface area contributed by atoms with Crippen LogP contribution in [0.4, 0.5) is 4.79 Å². The van der Waals surface area contributed by atoms with E-state index in [2.05, 4.69) is 0 Å². The molecule has 6 heteroatoms. The average Bonchev–Trinajstić information content (AvgIpc) is 2.77.